The molecule has 1 aliphatic rings. The van der Waals surface area contributed by atoms with E-state index >= 15 is 0 Å². The van der Waals surface area contributed by atoms with Gasteiger partial charge in [-0.25, -0.2) is 4.98 Å². The Morgan fingerprint density at radius 3 is 3.08 bits per heavy atom. The highest BCUT2D eigenvalue weighted by Crippen LogP contribution is 2.25. The highest BCUT2D eigenvalue weighted by molar-refractivity contribution is 9.10. The van der Waals surface area contributed by atoms with Crippen molar-refractivity contribution in [1.29, 1.82) is 0 Å². The van der Waals surface area contributed by atoms with Crippen LogP contribution in [0.4, 0.5) is 5.82 Å². The number of anilines is 1. The van der Waals surface area contributed by atoms with Crippen LogP contribution in [0.15, 0.2) is 22.8 Å². The molecule has 13 heavy (non-hydrogen) atoms. The van der Waals surface area contributed by atoms with E-state index in [-0.39, 0.29) is 6.10 Å². The average molecular weight is 243 g/mol. The minimum atomic E-state index is -0.200. The van der Waals surface area contributed by atoms with Gasteiger partial charge in [-0.3, -0.25) is 0 Å². The predicted octanol–water partition coefficient (Wildman–Crippen LogP) is 1.42. The van der Waals surface area contributed by atoms with Crippen LogP contribution in [0.3, 0.4) is 0 Å². The van der Waals surface area contributed by atoms with Crippen LogP contribution < -0.4 is 4.90 Å². The van der Waals surface area contributed by atoms with Crippen LogP contribution in [0, 0.1) is 0 Å². The molecule has 1 aromatic rings. The van der Waals surface area contributed by atoms with Crippen molar-refractivity contribution in [1.82, 2.24) is 4.98 Å². The lowest BCUT2D eigenvalue weighted by atomic mass is 10.3. The molecule has 1 atom stereocenters. The summed E-state index contributed by atoms with van der Waals surface area (Å²) in [7, 11) is 0. The van der Waals surface area contributed by atoms with Crippen LogP contribution >= 0.6 is 15.9 Å². The summed E-state index contributed by atoms with van der Waals surface area (Å²) < 4.78 is 0.990. The smallest absolute Gasteiger partial charge is 0.142 e. The summed E-state index contributed by atoms with van der Waals surface area (Å²) in [6.45, 7) is 1.58. The lowest BCUT2D eigenvalue weighted by Gasteiger charge is -2.17. The molecule has 0 spiro atoms. The molecular formula is C9H11BrN2O. The van der Waals surface area contributed by atoms with E-state index in [9.17, 15) is 5.11 Å². The van der Waals surface area contributed by atoms with Crippen molar-refractivity contribution in [2.75, 3.05) is 18.0 Å². The first-order chi connectivity index (χ1) is 6.27. The summed E-state index contributed by atoms with van der Waals surface area (Å²) in [4.78, 5) is 6.35. The zero-order valence-electron chi connectivity index (χ0n) is 7.15. The Kier molecular flexibility index (Phi) is 2.51. The third-order valence-electron chi connectivity index (χ3n) is 2.20. The fourth-order valence-electron chi connectivity index (χ4n) is 1.54. The molecule has 0 aromatic carbocycles. The van der Waals surface area contributed by atoms with Gasteiger partial charge in [0.1, 0.15) is 5.82 Å². The molecule has 0 amide bonds. The zero-order valence-corrected chi connectivity index (χ0v) is 8.74. The molecule has 2 heterocycles. The molecule has 1 aliphatic heterocycles. The monoisotopic (exact) mass is 242 g/mol. The first-order valence-corrected chi connectivity index (χ1v) is 5.10. The highest BCUT2D eigenvalue weighted by Gasteiger charge is 2.22. The van der Waals surface area contributed by atoms with Gasteiger partial charge in [-0.15, -0.1) is 0 Å². The third-order valence-corrected chi connectivity index (χ3v) is 2.82. The van der Waals surface area contributed by atoms with Crippen LogP contribution in [0.25, 0.3) is 0 Å². The minimum Gasteiger partial charge on any atom is -0.391 e. The Labute approximate surface area is 85.5 Å². The summed E-state index contributed by atoms with van der Waals surface area (Å²) in [6.07, 6.45) is 2.40. The molecule has 1 fully saturated rings. The summed E-state index contributed by atoms with van der Waals surface area (Å²) >= 11 is 3.44. The van der Waals surface area contributed by atoms with Gasteiger partial charge in [0.25, 0.3) is 0 Å². The van der Waals surface area contributed by atoms with E-state index < -0.39 is 0 Å². The van der Waals surface area contributed by atoms with Gasteiger partial charge < -0.3 is 10.0 Å². The quantitative estimate of drug-likeness (QED) is 0.810. The summed E-state index contributed by atoms with van der Waals surface area (Å²) in [5, 5.41) is 9.37. The number of aliphatic hydroxyl groups excluding tert-OH is 1. The molecular weight excluding hydrogens is 232 g/mol. The van der Waals surface area contributed by atoms with Gasteiger partial charge in [-0.2, -0.15) is 0 Å². The molecule has 0 aliphatic carbocycles. The minimum absolute atomic E-state index is 0.200. The van der Waals surface area contributed by atoms with E-state index in [0.717, 1.165) is 23.3 Å². The van der Waals surface area contributed by atoms with Crippen molar-refractivity contribution in [2.45, 2.75) is 12.5 Å². The van der Waals surface area contributed by atoms with Crippen molar-refractivity contribution in [3.8, 4) is 0 Å². The largest absolute Gasteiger partial charge is 0.391 e. The number of hydrogen-bond donors (Lipinski definition) is 1. The first-order valence-electron chi connectivity index (χ1n) is 4.31. The number of rotatable bonds is 1. The second-order valence-corrected chi connectivity index (χ2v) is 4.05. The SMILES string of the molecule is OC1CCN(c2ncccc2Br)C1. The van der Waals surface area contributed by atoms with Gasteiger partial charge in [0, 0.05) is 19.3 Å². The maximum atomic E-state index is 9.37. The average Bonchev–Trinajstić information content (AvgIpc) is 2.53. The molecule has 0 radical (unpaired) electrons. The molecule has 1 unspecified atom stereocenters. The molecule has 0 bridgehead atoms. The van der Waals surface area contributed by atoms with Gasteiger partial charge in [-0.1, -0.05) is 0 Å². The van der Waals surface area contributed by atoms with Crippen molar-refractivity contribution < 1.29 is 5.11 Å². The molecule has 4 heteroatoms. The number of aliphatic hydroxyl groups is 1. The summed E-state index contributed by atoms with van der Waals surface area (Å²) in [5.74, 6) is 0.930. The number of halogens is 1. The summed E-state index contributed by atoms with van der Waals surface area (Å²) in [6, 6.07) is 3.85. The number of aromatic nitrogens is 1. The predicted molar refractivity (Wildman–Crippen MR) is 54.8 cm³/mol. The molecule has 1 saturated heterocycles. The highest BCUT2D eigenvalue weighted by atomic mass is 79.9. The van der Waals surface area contributed by atoms with Gasteiger partial charge in [0.15, 0.2) is 0 Å². The van der Waals surface area contributed by atoms with E-state index in [1.807, 2.05) is 12.1 Å². The number of nitrogens with zero attached hydrogens (tertiary/aromatic N) is 2. The molecule has 1 N–H and O–H groups in total. The van der Waals surface area contributed by atoms with E-state index in [1.54, 1.807) is 6.20 Å². The lowest BCUT2D eigenvalue weighted by molar-refractivity contribution is 0.198. The Morgan fingerprint density at radius 2 is 2.46 bits per heavy atom. The standard InChI is InChI=1S/C9H11BrN2O/c10-8-2-1-4-11-9(8)12-5-3-7(13)6-12/h1-2,4,7,13H,3,5-6H2. The molecule has 3 nitrogen and oxygen atoms in total. The Hall–Kier alpha value is -0.610. The molecule has 70 valence electrons. The third kappa shape index (κ3) is 1.84. The Bertz CT molecular complexity index is 305. The van der Waals surface area contributed by atoms with Gasteiger partial charge in [0.05, 0.1) is 10.6 Å². The second-order valence-electron chi connectivity index (χ2n) is 3.20. The number of pyridine rings is 1. The zero-order chi connectivity index (χ0) is 9.26. The van der Waals surface area contributed by atoms with E-state index in [2.05, 4.69) is 25.8 Å². The van der Waals surface area contributed by atoms with Gasteiger partial charge in [-0.05, 0) is 34.5 Å². The van der Waals surface area contributed by atoms with Crippen molar-refractivity contribution in [3.05, 3.63) is 22.8 Å². The molecule has 0 saturated carbocycles. The van der Waals surface area contributed by atoms with Crippen LogP contribution in [0.5, 0.6) is 0 Å². The first kappa shape index (κ1) is 8.97. The molecule has 2 rings (SSSR count). The van der Waals surface area contributed by atoms with Crippen molar-refractivity contribution in [2.24, 2.45) is 0 Å². The Morgan fingerprint density at radius 1 is 1.62 bits per heavy atom. The van der Waals surface area contributed by atoms with Crippen LogP contribution in [-0.2, 0) is 0 Å². The van der Waals surface area contributed by atoms with Crippen LogP contribution in [0.1, 0.15) is 6.42 Å². The van der Waals surface area contributed by atoms with Gasteiger partial charge >= 0.3 is 0 Å². The van der Waals surface area contributed by atoms with E-state index in [4.69, 9.17) is 0 Å². The Balaban J connectivity index is 2.21. The van der Waals surface area contributed by atoms with Crippen molar-refractivity contribution >= 4 is 21.7 Å². The maximum absolute atomic E-state index is 9.37. The van der Waals surface area contributed by atoms with Crippen molar-refractivity contribution in [3.63, 3.8) is 0 Å². The fraction of sp³-hybridized carbons (Fsp3) is 0.444. The lowest BCUT2D eigenvalue weighted by Crippen LogP contribution is -2.22. The maximum Gasteiger partial charge on any atom is 0.142 e. The van der Waals surface area contributed by atoms with E-state index in [0.29, 0.717) is 6.54 Å². The van der Waals surface area contributed by atoms with Crippen LogP contribution in [0.2, 0.25) is 0 Å². The second kappa shape index (κ2) is 3.64. The summed E-state index contributed by atoms with van der Waals surface area (Å²) in [5.41, 5.74) is 0. The van der Waals surface area contributed by atoms with Gasteiger partial charge in [0.2, 0.25) is 0 Å². The van der Waals surface area contributed by atoms with E-state index in [1.165, 1.54) is 0 Å². The topological polar surface area (TPSA) is 36.4 Å². The number of β-amino-alcohol motifs (C(OH)–C–C–N with tert-alkyl or cyclic N) is 1. The normalized spacial score (nSPS) is 22.3. The molecule has 1 aromatic heterocycles. The fourth-order valence-corrected chi connectivity index (χ4v) is 2.05. The number of hydrogen-bond acceptors (Lipinski definition) is 3. The van der Waals surface area contributed by atoms with Crippen LogP contribution in [-0.4, -0.2) is 29.3 Å².